The molecule has 0 aliphatic heterocycles. The van der Waals surface area contributed by atoms with Crippen LogP contribution in [0.5, 0.6) is 0 Å². The Bertz CT molecular complexity index is 385. The topological polar surface area (TPSA) is 0 Å². The van der Waals surface area contributed by atoms with Crippen molar-refractivity contribution in [2.45, 2.75) is 52.4 Å². The van der Waals surface area contributed by atoms with E-state index in [4.69, 9.17) is 0 Å². The van der Waals surface area contributed by atoms with Gasteiger partial charge in [-0.2, -0.15) is 0 Å². The maximum Gasteiger partial charge on any atom is 0.132 e. The van der Waals surface area contributed by atoms with Gasteiger partial charge in [0.15, 0.2) is 0 Å². The van der Waals surface area contributed by atoms with Gasteiger partial charge in [-0.05, 0) is 49.6 Å². The average Bonchev–Trinajstić information content (AvgIpc) is 2.50. The molecule has 1 aromatic rings. The standard InChI is InChI=1S/C19H32N.ClH/c1-5-8-9-10-11-12-17-20(4,7-3)19-15-13-18(6-2)14-16-19;/h6,13-16H,2,5,7-12,17H2,1,3-4H3;1H/q+1;/p-1. The van der Waals surface area contributed by atoms with E-state index in [2.05, 4.69) is 51.7 Å². The van der Waals surface area contributed by atoms with Gasteiger partial charge in [-0.1, -0.05) is 45.3 Å². The number of rotatable bonds is 10. The SMILES string of the molecule is C=Cc1ccc([N+](C)(CC)CCCCCCCC)cc1.[Cl-]. The molecule has 1 nitrogen and oxygen atoms in total. The van der Waals surface area contributed by atoms with Crippen molar-refractivity contribution in [2.75, 3.05) is 20.1 Å². The van der Waals surface area contributed by atoms with E-state index in [-0.39, 0.29) is 12.4 Å². The minimum Gasteiger partial charge on any atom is -1.00 e. The minimum absolute atomic E-state index is 0. The fraction of sp³-hybridized carbons (Fsp3) is 0.579. The number of quaternary nitrogens is 1. The Balaban J connectivity index is 0.00000400. The predicted molar refractivity (Wildman–Crippen MR) is 93.0 cm³/mol. The summed E-state index contributed by atoms with van der Waals surface area (Å²) in [5.74, 6) is 0. The van der Waals surface area contributed by atoms with E-state index in [1.165, 1.54) is 56.3 Å². The summed E-state index contributed by atoms with van der Waals surface area (Å²) in [5, 5.41) is 0. The summed E-state index contributed by atoms with van der Waals surface area (Å²) in [6.07, 6.45) is 10.1. The van der Waals surface area contributed by atoms with Gasteiger partial charge in [0.1, 0.15) is 5.69 Å². The fourth-order valence-corrected chi connectivity index (χ4v) is 2.68. The Morgan fingerprint density at radius 1 is 0.952 bits per heavy atom. The number of halogens is 1. The summed E-state index contributed by atoms with van der Waals surface area (Å²) >= 11 is 0. The summed E-state index contributed by atoms with van der Waals surface area (Å²) in [5.41, 5.74) is 2.63. The number of benzene rings is 1. The lowest BCUT2D eigenvalue weighted by Crippen LogP contribution is -3.00. The quantitative estimate of drug-likeness (QED) is 0.460. The zero-order chi connectivity index (χ0) is 14.8. The van der Waals surface area contributed by atoms with Gasteiger partial charge >= 0.3 is 0 Å². The van der Waals surface area contributed by atoms with Gasteiger partial charge in [-0.25, -0.2) is 0 Å². The van der Waals surface area contributed by atoms with E-state index in [0.29, 0.717) is 0 Å². The molecule has 1 aromatic carbocycles. The molecule has 120 valence electrons. The molecule has 0 spiro atoms. The smallest absolute Gasteiger partial charge is 0.132 e. The second-order valence-electron chi connectivity index (χ2n) is 6.00. The summed E-state index contributed by atoms with van der Waals surface area (Å²) in [4.78, 5) is 0. The average molecular weight is 310 g/mol. The molecule has 0 aromatic heterocycles. The summed E-state index contributed by atoms with van der Waals surface area (Å²) in [6.45, 7) is 10.8. The van der Waals surface area contributed by atoms with E-state index >= 15 is 0 Å². The molecular formula is C19H32ClN. The normalized spacial score (nSPS) is 13.3. The van der Waals surface area contributed by atoms with Crippen molar-refractivity contribution in [2.24, 2.45) is 0 Å². The maximum absolute atomic E-state index is 3.82. The molecule has 2 heteroatoms. The molecule has 0 bridgehead atoms. The van der Waals surface area contributed by atoms with Crippen molar-refractivity contribution in [3.63, 3.8) is 0 Å². The zero-order valence-electron chi connectivity index (χ0n) is 14.1. The molecule has 0 N–H and O–H groups in total. The first kappa shape index (κ1) is 20.2. The van der Waals surface area contributed by atoms with E-state index in [1.807, 2.05) is 6.08 Å². The predicted octanol–water partition coefficient (Wildman–Crippen LogP) is 2.65. The minimum atomic E-state index is 0. The van der Waals surface area contributed by atoms with Crippen molar-refractivity contribution in [1.82, 2.24) is 4.48 Å². The molecule has 0 saturated carbocycles. The molecule has 1 rings (SSSR count). The Kier molecular flexibility index (Phi) is 10.5. The van der Waals surface area contributed by atoms with Gasteiger partial charge < -0.3 is 12.4 Å². The molecule has 21 heavy (non-hydrogen) atoms. The van der Waals surface area contributed by atoms with Gasteiger partial charge in [0.05, 0.1) is 20.1 Å². The summed E-state index contributed by atoms with van der Waals surface area (Å²) in [6, 6.07) is 8.88. The van der Waals surface area contributed by atoms with Gasteiger partial charge in [0.25, 0.3) is 0 Å². The number of unbranched alkanes of at least 4 members (excludes halogenated alkanes) is 5. The number of hydrogen-bond acceptors (Lipinski definition) is 0. The van der Waals surface area contributed by atoms with Crippen molar-refractivity contribution < 1.29 is 12.4 Å². The van der Waals surface area contributed by atoms with Gasteiger partial charge in [0, 0.05) is 0 Å². The largest absolute Gasteiger partial charge is 1.00 e. The third-order valence-electron chi connectivity index (χ3n) is 4.46. The molecule has 1 unspecified atom stereocenters. The van der Waals surface area contributed by atoms with Crippen LogP contribution in [0.3, 0.4) is 0 Å². The third kappa shape index (κ3) is 6.67. The lowest BCUT2D eigenvalue weighted by Gasteiger charge is -2.33. The van der Waals surface area contributed by atoms with Crippen LogP contribution in [0.2, 0.25) is 0 Å². The highest BCUT2D eigenvalue weighted by Gasteiger charge is 2.21. The van der Waals surface area contributed by atoms with Crippen LogP contribution < -0.4 is 16.9 Å². The fourth-order valence-electron chi connectivity index (χ4n) is 2.68. The van der Waals surface area contributed by atoms with Crippen molar-refractivity contribution in [1.29, 1.82) is 0 Å². The highest BCUT2D eigenvalue weighted by atomic mass is 35.5. The van der Waals surface area contributed by atoms with Crippen molar-refractivity contribution >= 4 is 11.8 Å². The second-order valence-corrected chi connectivity index (χ2v) is 6.00. The Hall–Kier alpha value is -0.790. The van der Waals surface area contributed by atoms with Crippen LogP contribution in [-0.2, 0) is 0 Å². The first-order valence-electron chi connectivity index (χ1n) is 8.24. The summed E-state index contributed by atoms with van der Waals surface area (Å²) in [7, 11) is 2.36. The maximum atomic E-state index is 3.82. The third-order valence-corrected chi connectivity index (χ3v) is 4.46. The molecule has 0 aliphatic carbocycles. The molecule has 0 radical (unpaired) electrons. The first-order valence-corrected chi connectivity index (χ1v) is 8.24. The van der Waals surface area contributed by atoms with Crippen LogP contribution >= 0.6 is 0 Å². The molecule has 0 aliphatic rings. The van der Waals surface area contributed by atoms with Crippen LogP contribution in [-0.4, -0.2) is 20.1 Å². The number of nitrogens with zero attached hydrogens (tertiary/aromatic N) is 1. The molecule has 0 amide bonds. The van der Waals surface area contributed by atoms with Crippen LogP contribution in [0.25, 0.3) is 6.08 Å². The van der Waals surface area contributed by atoms with Crippen molar-refractivity contribution in [3.8, 4) is 0 Å². The van der Waals surface area contributed by atoms with Crippen LogP contribution in [0.1, 0.15) is 57.9 Å². The molecule has 0 heterocycles. The molecule has 0 saturated heterocycles. The lowest BCUT2D eigenvalue weighted by molar-refractivity contribution is -0.00000436. The van der Waals surface area contributed by atoms with Gasteiger partial charge in [0.2, 0.25) is 0 Å². The van der Waals surface area contributed by atoms with E-state index < -0.39 is 0 Å². The Labute approximate surface area is 138 Å². The molecular weight excluding hydrogens is 278 g/mol. The van der Waals surface area contributed by atoms with Gasteiger partial charge in [-0.3, -0.25) is 4.48 Å². The Morgan fingerprint density at radius 3 is 2.05 bits per heavy atom. The first-order chi connectivity index (χ1) is 9.66. The Morgan fingerprint density at radius 2 is 1.52 bits per heavy atom. The molecule has 1 atom stereocenters. The highest BCUT2D eigenvalue weighted by Crippen LogP contribution is 2.23. The van der Waals surface area contributed by atoms with E-state index in [0.717, 1.165) is 11.0 Å². The highest BCUT2D eigenvalue weighted by molar-refractivity contribution is 5.53. The second kappa shape index (κ2) is 10.9. The van der Waals surface area contributed by atoms with Crippen molar-refractivity contribution in [3.05, 3.63) is 36.4 Å². The summed E-state index contributed by atoms with van der Waals surface area (Å²) < 4.78 is 1.05. The van der Waals surface area contributed by atoms with Crippen LogP contribution in [0.4, 0.5) is 5.69 Å². The van der Waals surface area contributed by atoms with E-state index in [9.17, 15) is 0 Å². The van der Waals surface area contributed by atoms with E-state index in [1.54, 1.807) is 0 Å². The monoisotopic (exact) mass is 309 g/mol. The zero-order valence-corrected chi connectivity index (χ0v) is 14.8. The van der Waals surface area contributed by atoms with Gasteiger partial charge in [-0.15, -0.1) is 0 Å². The van der Waals surface area contributed by atoms with Crippen LogP contribution in [0.15, 0.2) is 30.8 Å². The van der Waals surface area contributed by atoms with Crippen LogP contribution in [0, 0.1) is 0 Å². The lowest BCUT2D eigenvalue weighted by atomic mass is 10.1. The number of hydrogen-bond donors (Lipinski definition) is 0. The molecule has 0 fully saturated rings.